The largest absolute Gasteiger partial charge is 0.308 e. The van der Waals surface area contributed by atoms with Gasteiger partial charge in [0.1, 0.15) is 0 Å². The van der Waals surface area contributed by atoms with E-state index in [-0.39, 0.29) is 23.6 Å². The van der Waals surface area contributed by atoms with Gasteiger partial charge >= 0.3 is 0 Å². The topological polar surface area (TPSA) is 81.2 Å². The van der Waals surface area contributed by atoms with Crippen LogP contribution in [0.5, 0.6) is 0 Å². The van der Waals surface area contributed by atoms with Crippen molar-refractivity contribution < 1.29 is 19.2 Å². The summed E-state index contributed by atoms with van der Waals surface area (Å²) in [6.07, 6.45) is 0. The van der Waals surface area contributed by atoms with Crippen molar-refractivity contribution >= 4 is 45.2 Å². The molecule has 0 aliphatic carbocycles. The molecule has 0 unspecified atom stereocenters. The standard InChI is InChI=1S/2C16H16N2O2/c2*1-17(2)9-10-18-15(19)12-7-3-5-11-6-4-8-13(14(11)12)16(18)20/h2*3-8H,9-10H2,1-2H3. The molecule has 0 bridgehead atoms. The second kappa shape index (κ2) is 11.0. The minimum atomic E-state index is -0.193. The Kier molecular flexibility index (Phi) is 7.47. The minimum absolute atomic E-state index is 0.193. The van der Waals surface area contributed by atoms with Crippen molar-refractivity contribution in [1.29, 1.82) is 0 Å². The minimum Gasteiger partial charge on any atom is -0.308 e. The van der Waals surface area contributed by atoms with Crippen LogP contribution >= 0.6 is 0 Å². The molecule has 8 nitrogen and oxygen atoms in total. The molecule has 0 radical (unpaired) electrons. The van der Waals surface area contributed by atoms with Gasteiger partial charge in [0.25, 0.3) is 23.6 Å². The van der Waals surface area contributed by atoms with Crippen molar-refractivity contribution in [2.24, 2.45) is 0 Å². The first-order chi connectivity index (χ1) is 19.2. The number of benzene rings is 4. The van der Waals surface area contributed by atoms with Crippen molar-refractivity contribution in [3.05, 3.63) is 95.1 Å². The average Bonchev–Trinajstić information content (AvgIpc) is 2.94. The molecular formula is C32H32N4O4. The Morgan fingerprint density at radius 1 is 0.475 bits per heavy atom. The fraction of sp³-hybridized carbons (Fsp3) is 0.250. The first kappa shape index (κ1) is 27.2. The Morgan fingerprint density at radius 3 is 1.00 bits per heavy atom. The number of imide groups is 2. The van der Waals surface area contributed by atoms with Crippen LogP contribution < -0.4 is 0 Å². The molecule has 0 saturated carbocycles. The van der Waals surface area contributed by atoms with Gasteiger partial charge in [-0.05, 0) is 63.2 Å². The fourth-order valence-corrected chi connectivity index (χ4v) is 5.17. The number of rotatable bonds is 6. The summed E-state index contributed by atoms with van der Waals surface area (Å²) in [5, 5.41) is 3.44. The first-order valence-electron chi connectivity index (χ1n) is 13.2. The third-order valence-corrected chi connectivity index (χ3v) is 7.25. The molecule has 4 aromatic carbocycles. The third kappa shape index (κ3) is 4.87. The summed E-state index contributed by atoms with van der Waals surface area (Å²) in [6.45, 7) is 2.15. The molecule has 0 aromatic heterocycles. The highest BCUT2D eigenvalue weighted by Gasteiger charge is 2.33. The summed E-state index contributed by atoms with van der Waals surface area (Å²) < 4.78 is 0. The van der Waals surface area contributed by atoms with E-state index < -0.39 is 0 Å². The summed E-state index contributed by atoms with van der Waals surface area (Å²) in [7, 11) is 7.70. The lowest BCUT2D eigenvalue weighted by atomic mass is 9.94. The molecule has 2 aliphatic rings. The lowest BCUT2D eigenvalue weighted by molar-refractivity contribution is 0.0585. The molecule has 0 N–H and O–H groups in total. The van der Waals surface area contributed by atoms with E-state index in [9.17, 15) is 19.2 Å². The van der Waals surface area contributed by atoms with Crippen LogP contribution in [0, 0.1) is 0 Å². The second-order valence-electron chi connectivity index (χ2n) is 10.5. The summed E-state index contributed by atoms with van der Waals surface area (Å²) in [4.78, 5) is 56.7. The predicted octanol–water partition coefficient (Wildman–Crippen LogP) is 3.99. The Balaban J connectivity index is 0.000000161. The van der Waals surface area contributed by atoms with Crippen LogP contribution in [0.2, 0.25) is 0 Å². The van der Waals surface area contributed by atoms with Crippen LogP contribution in [-0.4, -0.2) is 97.6 Å². The summed E-state index contributed by atoms with van der Waals surface area (Å²) in [5.41, 5.74) is 2.49. The molecule has 0 spiro atoms. The molecule has 0 saturated heterocycles. The Bertz CT molecular complexity index is 1440. The van der Waals surface area contributed by atoms with Gasteiger partial charge in [-0.2, -0.15) is 0 Å². The maximum Gasteiger partial charge on any atom is 0.261 e. The average molecular weight is 537 g/mol. The Hall–Kier alpha value is -4.40. The highest BCUT2D eigenvalue weighted by atomic mass is 16.2. The van der Waals surface area contributed by atoms with Crippen molar-refractivity contribution in [3.8, 4) is 0 Å². The Labute approximate surface area is 233 Å². The number of hydrogen-bond acceptors (Lipinski definition) is 6. The molecule has 2 aliphatic heterocycles. The van der Waals surface area contributed by atoms with Gasteiger partial charge in [-0.25, -0.2) is 0 Å². The predicted molar refractivity (Wildman–Crippen MR) is 156 cm³/mol. The number of nitrogens with zero attached hydrogens (tertiary/aromatic N) is 4. The van der Waals surface area contributed by atoms with Gasteiger partial charge in [0.05, 0.1) is 0 Å². The van der Waals surface area contributed by atoms with Crippen molar-refractivity contribution in [3.63, 3.8) is 0 Å². The fourth-order valence-electron chi connectivity index (χ4n) is 5.17. The molecule has 40 heavy (non-hydrogen) atoms. The number of likely N-dealkylation sites (N-methyl/N-ethyl adjacent to an activating group) is 2. The zero-order valence-corrected chi connectivity index (χ0v) is 23.2. The van der Waals surface area contributed by atoms with Crippen molar-refractivity contribution in [1.82, 2.24) is 19.6 Å². The van der Waals surface area contributed by atoms with Crippen LogP contribution in [0.3, 0.4) is 0 Å². The lowest BCUT2D eigenvalue weighted by Crippen LogP contribution is -2.43. The first-order valence-corrected chi connectivity index (χ1v) is 13.2. The Morgan fingerprint density at radius 2 is 0.750 bits per heavy atom. The summed E-state index contributed by atoms with van der Waals surface area (Å²) in [6, 6.07) is 22.3. The van der Waals surface area contributed by atoms with Gasteiger partial charge in [0, 0.05) is 59.2 Å². The van der Waals surface area contributed by atoms with Gasteiger partial charge in [-0.15, -0.1) is 0 Å². The van der Waals surface area contributed by atoms with Crippen molar-refractivity contribution in [2.75, 3.05) is 54.4 Å². The van der Waals surface area contributed by atoms with Crippen LogP contribution in [0.25, 0.3) is 21.5 Å². The molecule has 4 aromatic rings. The molecular weight excluding hydrogens is 504 g/mol. The molecule has 6 rings (SSSR count). The quantitative estimate of drug-likeness (QED) is 0.347. The number of amides is 4. The van der Waals surface area contributed by atoms with E-state index in [0.717, 1.165) is 21.5 Å². The monoisotopic (exact) mass is 536 g/mol. The SMILES string of the molecule is CN(C)CCN1C(=O)c2cccc3cccc(c23)C1=O.CN(C)CCN1C(=O)c2cccc3cccc(c23)C1=O. The second-order valence-corrected chi connectivity index (χ2v) is 10.5. The highest BCUT2D eigenvalue weighted by molar-refractivity contribution is 6.26. The third-order valence-electron chi connectivity index (χ3n) is 7.25. The zero-order chi connectivity index (χ0) is 28.6. The van der Waals surface area contributed by atoms with Gasteiger partial charge in [-0.1, -0.05) is 48.5 Å². The smallest absolute Gasteiger partial charge is 0.261 e. The summed E-state index contributed by atoms with van der Waals surface area (Å²) >= 11 is 0. The number of carbonyl (C=O) groups excluding carboxylic acids is 4. The van der Waals surface area contributed by atoms with Gasteiger partial charge in [0.15, 0.2) is 0 Å². The number of hydrogen-bond donors (Lipinski definition) is 0. The number of carbonyl (C=O) groups is 4. The van der Waals surface area contributed by atoms with Gasteiger partial charge < -0.3 is 9.80 Å². The molecule has 8 heteroatoms. The molecule has 0 atom stereocenters. The van der Waals surface area contributed by atoms with Gasteiger partial charge in [0.2, 0.25) is 0 Å². The van der Waals surface area contributed by atoms with E-state index in [4.69, 9.17) is 0 Å². The van der Waals surface area contributed by atoms with E-state index in [0.29, 0.717) is 48.4 Å². The van der Waals surface area contributed by atoms with E-state index in [1.165, 1.54) is 9.80 Å². The van der Waals surface area contributed by atoms with Gasteiger partial charge in [-0.3, -0.25) is 29.0 Å². The maximum absolute atomic E-state index is 12.5. The normalized spacial score (nSPS) is 14.4. The van der Waals surface area contributed by atoms with E-state index in [1.807, 2.05) is 86.5 Å². The van der Waals surface area contributed by atoms with E-state index in [2.05, 4.69) is 0 Å². The van der Waals surface area contributed by atoms with Crippen LogP contribution in [0.15, 0.2) is 72.8 Å². The summed E-state index contributed by atoms with van der Waals surface area (Å²) in [5.74, 6) is -0.774. The van der Waals surface area contributed by atoms with E-state index in [1.54, 1.807) is 24.3 Å². The van der Waals surface area contributed by atoms with Crippen LogP contribution in [-0.2, 0) is 0 Å². The van der Waals surface area contributed by atoms with Crippen LogP contribution in [0.1, 0.15) is 41.4 Å². The molecule has 204 valence electrons. The lowest BCUT2D eigenvalue weighted by Gasteiger charge is -2.28. The molecule has 4 amide bonds. The van der Waals surface area contributed by atoms with Crippen molar-refractivity contribution in [2.45, 2.75) is 0 Å². The van der Waals surface area contributed by atoms with E-state index >= 15 is 0 Å². The maximum atomic E-state index is 12.5. The zero-order valence-electron chi connectivity index (χ0n) is 23.2. The van der Waals surface area contributed by atoms with Crippen LogP contribution in [0.4, 0.5) is 0 Å². The highest BCUT2D eigenvalue weighted by Crippen LogP contribution is 2.31. The molecule has 2 heterocycles. The molecule has 0 fully saturated rings.